The number of anilines is 1. The number of guanidine groups is 1. The molecule has 1 aliphatic carbocycles. The van der Waals surface area contributed by atoms with E-state index in [0.29, 0.717) is 6.04 Å². The molecule has 7 heteroatoms. The number of rotatable bonds is 6. The van der Waals surface area contributed by atoms with Gasteiger partial charge >= 0.3 is 0 Å². The number of piperidine rings is 1. The highest BCUT2D eigenvalue weighted by Gasteiger charge is 2.36. The van der Waals surface area contributed by atoms with Gasteiger partial charge in [-0.2, -0.15) is 5.10 Å². The first-order chi connectivity index (χ1) is 15.1. The van der Waals surface area contributed by atoms with E-state index in [1.54, 1.807) is 7.11 Å². The van der Waals surface area contributed by atoms with E-state index in [2.05, 4.69) is 50.0 Å². The summed E-state index contributed by atoms with van der Waals surface area (Å²) in [6.45, 7) is 2.93. The molecule has 2 heterocycles. The standard InChI is InChI=1S/C24H36N6O/c1-25-23(28-20-9-7-13-30(16-20)21-15-27-29(2)17-21)26-18-24(11-4-5-12-24)19-8-6-10-22(14-19)31-3/h6,8,10,14-15,17,20H,4-5,7,9,11-13,16,18H2,1-3H3,(H2,25,26,28). The molecule has 0 amide bonds. The average molecular weight is 425 g/mol. The Morgan fingerprint density at radius 3 is 2.84 bits per heavy atom. The molecule has 2 fully saturated rings. The summed E-state index contributed by atoms with van der Waals surface area (Å²) in [5.74, 6) is 1.83. The highest BCUT2D eigenvalue weighted by Crippen LogP contribution is 2.41. The van der Waals surface area contributed by atoms with Crippen LogP contribution in [0.3, 0.4) is 0 Å². The lowest BCUT2D eigenvalue weighted by Gasteiger charge is -2.35. The van der Waals surface area contributed by atoms with E-state index < -0.39 is 0 Å². The van der Waals surface area contributed by atoms with Gasteiger partial charge in [-0.15, -0.1) is 0 Å². The summed E-state index contributed by atoms with van der Waals surface area (Å²) < 4.78 is 7.36. The van der Waals surface area contributed by atoms with Crippen LogP contribution < -0.4 is 20.3 Å². The second kappa shape index (κ2) is 9.62. The zero-order valence-corrected chi connectivity index (χ0v) is 19.1. The van der Waals surface area contributed by atoms with Crippen LogP contribution in [0, 0.1) is 0 Å². The van der Waals surface area contributed by atoms with Crippen LogP contribution in [0.1, 0.15) is 44.1 Å². The summed E-state index contributed by atoms with van der Waals surface area (Å²) in [6.07, 6.45) is 11.3. The molecule has 31 heavy (non-hydrogen) atoms. The fourth-order valence-electron chi connectivity index (χ4n) is 5.11. The van der Waals surface area contributed by atoms with Gasteiger partial charge in [0.25, 0.3) is 0 Å². The molecule has 2 aliphatic rings. The van der Waals surface area contributed by atoms with Crippen LogP contribution in [0.2, 0.25) is 0 Å². The summed E-state index contributed by atoms with van der Waals surface area (Å²) in [4.78, 5) is 6.95. The van der Waals surface area contributed by atoms with Gasteiger partial charge < -0.3 is 20.3 Å². The van der Waals surface area contributed by atoms with Gasteiger partial charge in [-0.25, -0.2) is 0 Å². The maximum Gasteiger partial charge on any atom is 0.191 e. The Morgan fingerprint density at radius 2 is 2.13 bits per heavy atom. The fourth-order valence-corrected chi connectivity index (χ4v) is 5.11. The number of hydrogen-bond acceptors (Lipinski definition) is 4. The number of aromatic nitrogens is 2. The number of ether oxygens (including phenoxy) is 1. The van der Waals surface area contributed by atoms with Gasteiger partial charge in [0, 0.05) is 51.4 Å². The largest absolute Gasteiger partial charge is 0.497 e. The maximum absolute atomic E-state index is 5.49. The fraction of sp³-hybridized carbons (Fsp3) is 0.583. The minimum absolute atomic E-state index is 0.139. The van der Waals surface area contributed by atoms with Crippen LogP contribution in [0.5, 0.6) is 5.75 Å². The van der Waals surface area contributed by atoms with Crippen molar-refractivity contribution >= 4 is 11.6 Å². The summed E-state index contributed by atoms with van der Waals surface area (Å²) in [7, 11) is 5.57. The highest BCUT2D eigenvalue weighted by atomic mass is 16.5. The van der Waals surface area contributed by atoms with Gasteiger partial charge in [-0.1, -0.05) is 25.0 Å². The molecular weight excluding hydrogens is 388 g/mol. The van der Waals surface area contributed by atoms with Gasteiger partial charge in [0.1, 0.15) is 5.75 Å². The smallest absolute Gasteiger partial charge is 0.191 e. The van der Waals surface area contributed by atoms with E-state index >= 15 is 0 Å². The minimum atomic E-state index is 0.139. The first kappa shape index (κ1) is 21.5. The van der Waals surface area contributed by atoms with Crippen LogP contribution in [-0.2, 0) is 12.5 Å². The van der Waals surface area contributed by atoms with E-state index in [9.17, 15) is 0 Å². The van der Waals surface area contributed by atoms with Crippen molar-refractivity contribution in [2.75, 3.05) is 38.7 Å². The Labute approximate surface area is 185 Å². The van der Waals surface area contributed by atoms with Crippen molar-refractivity contribution < 1.29 is 4.74 Å². The van der Waals surface area contributed by atoms with E-state index in [4.69, 9.17) is 4.74 Å². The maximum atomic E-state index is 5.49. The van der Waals surface area contributed by atoms with Gasteiger partial charge in [0.15, 0.2) is 5.96 Å². The molecule has 0 spiro atoms. The molecule has 1 aromatic carbocycles. The van der Waals surface area contributed by atoms with Gasteiger partial charge in [0.2, 0.25) is 0 Å². The number of nitrogens with one attached hydrogen (secondary N) is 2. The molecule has 2 aromatic rings. The van der Waals surface area contributed by atoms with E-state index in [1.165, 1.54) is 36.9 Å². The van der Waals surface area contributed by atoms with Gasteiger partial charge in [0.05, 0.1) is 19.0 Å². The Balaban J connectivity index is 1.39. The SMILES string of the molecule is CN=C(NCC1(c2cccc(OC)c2)CCCC1)NC1CCCN(c2cnn(C)c2)C1. The third kappa shape index (κ3) is 4.97. The van der Waals surface area contributed by atoms with Crippen LogP contribution >= 0.6 is 0 Å². The average Bonchev–Trinajstić information content (AvgIpc) is 3.47. The number of aryl methyl sites for hydroxylation is 1. The summed E-state index contributed by atoms with van der Waals surface area (Å²) >= 11 is 0. The van der Waals surface area contributed by atoms with Crippen molar-refractivity contribution in [1.29, 1.82) is 0 Å². The molecule has 1 unspecified atom stereocenters. The number of methoxy groups -OCH3 is 1. The van der Waals surface area contributed by atoms with Gasteiger partial charge in [-0.3, -0.25) is 9.67 Å². The highest BCUT2D eigenvalue weighted by molar-refractivity contribution is 5.80. The number of aliphatic imine (C=N–C) groups is 1. The molecule has 0 bridgehead atoms. The van der Waals surface area contributed by atoms with Crippen molar-refractivity contribution in [3.05, 3.63) is 42.2 Å². The molecule has 1 saturated carbocycles. The lowest BCUT2D eigenvalue weighted by Crippen LogP contribution is -2.53. The van der Waals surface area contributed by atoms with Gasteiger partial charge in [-0.05, 0) is 43.4 Å². The lowest BCUT2D eigenvalue weighted by atomic mass is 9.78. The second-order valence-corrected chi connectivity index (χ2v) is 8.95. The molecule has 1 aliphatic heterocycles. The third-order valence-corrected chi connectivity index (χ3v) is 6.88. The zero-order chi connectivity index (χ0) is 21.7. The summed E-state index contributed by atoms with van der Waals surface area (Å²) in [5, 5.41) is 11.7. The predicted molar refractivity (Wildman–Crippen MR) is 126 cm³/mol. The molecule has 0 radical (unpaired) electrons. The first-order valence-corrected chi connectivity index (χ1v) is 11.5. The van der Waals surface area contributed by atoms with Crippen molar-refractivity contribution in [2.45, 2.75) is 50.0 Å². The minimum Gasteiger partial charge on any atom is -0.497 e. The molecule has 1 atom stereocenters. The first-order valence-electron chi connectivity index (χ1n) is 11.5. The van der Waals surface area contributed by atoms with E-state index in [-0.39, 0.29) is 5.41 Å². The van der Waals surface area contributed by atoms with Crippen molar-refractivity contribution in [3.8, 4) is 5.75 Å². The number of benzene rings is 1. The van der Waals surface area contributed by atoms with Crippen molar-refractivity contribution in [2.24, 2.45) is 12.0 Å². The molecule has 1 saturated heterocycles. The molecule has 2 N–H and O–H groups in total. The number of hydrogen-bond donors (Lipinski definition) is 2. The van der Waals surface area contributed by atoms with Crippen LogP contribution in [0.25, 0.3) is 0 Å². The second-order valence-electron chi connectivity index (χ2n) is 8.95. The third-order valence-electron chi connectivity index (χ3n) is 6.88. The zero-order valence-electron chi connectivity index (χ0n) is 19.1. The summed E-state index contributed by atoms with van der Waals surface area (Å²) in [5.41, 5.74) is 2.70. The molecule has 168 valence electrons. The molecular formula is C24H36N6O. The Kier molecular flexibility index (Phi) is 6.68. The Morgan fingerprint density at radius 1 is 1.29 bits per heavy atom. The van der Waals surface area contributed by atoms with Crippen molar-refractivity contribution in [3.63, 3.8) is 0 Å². The molecule has 1 aromatic heterocycles. The molecule has 7 nitrogen and oxygen atoms in total. The summed E-state index contributed by atoms with van der Waals surface area (Å²) in [6, 6.07) is 8.96. The Bertz CT molecular complexity index is 886. The quantitative estimate of drug-likeness (QED) is 0.551. The number of nitrogens with zero attached hydrogens (tertiary/aromatic N) is 4. The van der Waals surface area contributed by atoms with E-state index in [0.717, 1.165) is 44.2 Å². The van der Waals surface area contributed by atoms with Crippen LogP contribution in [0.4, 0.5) is 5.69 Å². The topological polar surface area (TPSA) is 66.7 Å². The molecule has 4 rings (SSSR count). The monoisotopic (exact) mass is 424 g/mol. The normalized spacial score (nSPS) is 21.2. The van der Waals surface area contributed by atoms with Crippen molar-refractivity contribution in [1.82, 2.24) is 20.4 Å². The van der Waals surface area contributed by atoms with Crippen LogP contribution in [0.15, 0.2) is 41.7 Å². The Hall–Kier alpha value is -2.70. The van der Waals surface area contributed by atoms with E-state index in [1.807, 2.05) is 31.0 Å². The van der Waals surface area contributed by atoms with Crippen LogP contribution in [-0.4, -0.2) is 55.6 Å². The lowest BCUT2D eigenvalue weighted by molar-refractivity contribution is 0.402. The predicted octanol–water partition coefficient (Wildman–Crippen LogP) is 3.07.